The lowest BCUT2D eigenvalue weighted by molar-refractivity contribution is -0.130. The number of fused-ring (bicyclic) bond motifs is 1. The van der Waals surface area contributed by atoms with Gasteiger partial charge < -0.3 is 15.6 Å². The summed E-state index contributed by atoms with van der Waals surface area (Å²) in [5.74, 6) is -0.171. The number of carbonyl (C=O) groups is 2. The zero-order chi connectivity index (χ0) is 16.4. The van der Waals surface area contributed by atoms with Crippen LogP contribution in [0.25, 0.3) is 10.9 Å². The van der Waals surface area contributed by atoms with E-state index in [1.807, 2.05) is 6.07 Å². The molecule has 1 aliphatic rings. The fraction of sp³-hybridized carbons (Fsp3) is 0.375. The predicted octanol–water partition coefficient (Wildman–Crippen LogP) is 0.189. The molecule has 0 aliphatic carbocycles. The molecular formula is C16H18N4O3. The second-order valence-corrected chi connectivity index (χ2v) is 5.76. The lowest BCUT2D eigenvalue weighted by Crippen LogP contribution is -2.32. The number of H-pyrrole nitrogens is 1. The van der Waals surface area contributed by atoms with Crippen molar-refractivity contribution in [1.82, 2.24) is 14.9 Å². The Morgan fingerprint density at radius 3 is 2.87 bits per heavy atom. The second-order valence-electron chi connectivity index (χ2n) is 5.76. The molecule has 0 saturated carbocycles. The van der Waals surface area contributed by atoms with Crippen molar-refractivity contribution < 1.29 is 9.59 Å². The molecule has 2 heterocycles. The summed E-state index contributed by atoms with van der Waals surface area (Å²) in [6.07, 6.45) is 1.22. The van der Waals surface area contributed by atoms with Gasteiger partial charge in [0.25, 0.3) is 5.56 Å². The summed E-state index contributed by atoms with van der Waals surface area (Å²) in [6, 6.07) is 7.08. The molecule has 0 unspecified atom stereocenters. The number of likely N-dealkylation sites (tertiary alicyclic amines) is 1. The van der Waals surface area contributed by atoms with Crippen molar-refractivity contribution in [3.8, 4) is 0 Å². The van der Waals surface area contributed by atoms with Gasteiger partial charge in [0, 0.05) is 25.9 Å². The van der Waals surface area contributed by atoms with Crippen LogP contribution in [0.1, 0.15) is 18.7 Å². The minimum atomic E-state index is -0.360. The van der Waals surface area contributed by atoms with Gasteiger partial charge in [-0.3, -0.25) is 14.4 Å². The van der Waals surface area contributed by atoms with Gasteiger partial charge in [0.1, 0.15) is 5.82 Å². The van der Waals surface area contributed by atoms with Crippen LogP contribution < -0.4 is 11.3 Å². The summed E-state index contributed by atoms with van der Waals surface area (Å²) in [5.41, 5.74) is 5.69. The molecule has 0 spiro atoms. The van der Waals surface area contributed by atoms with Gasteiger partial charge in [0.15, 0.2) is 0 Å². The van der Waals surface area contributed by atoms with Gasteiger partial charge in [-0.1, -0.05) is 12.1 Å². The monoisotopic (exact) mass is 314 g/mol. The lowest BCUT2D eigenvalue weighted by Gasteiger charge is -2.15. The topological polar surface area (TPSA) is 109 Å². The molecule has 0 bridgehead atoms. The molecule has 1 atom stereocenters. The summed E-state index contributed by atoms with van der Waals surface area (Å²) in [6.45, 7) is 0.934. The van der Waals surface area contributed by atoms with Crippen molar-refractivity contribution in [2.45, 2.75) is 19.3 Å². The zero-order valence-corrected chi connectivity index (χ0v) is 12.6. The highest BCUT2D eigenvalue weighted by atomic mass is 16.2. The van der Waals surface area contributed by atoms with Crippen molar-refractivity contribution >= 4 is 22.7 Å². The van der Waals surface area contributed by atoms with E-state index < -0.39 is 0 Å². The number of primary amides is 1. The number of rotatable bonds is 4. The van der Waals surface area contributed by atoms with Crippen LogP contribution in [0.4, 0.5) is 0 Å². The maximum Gasteiger partial charge on any atom is 0.258 e. The zero-order valence-electron chi connectivity index (χ0n) is 12.6. The lowest BCUT2D eigenvalue weighted by atomic mass is 10.1. The number of aryl methyl sites for hydroxylation is 1. The van der Waals surface area contributed by atoms with Gasteiger partial charge in [0.05, 0.1) is 16.8 Å². The minimum Gasteiger partial charge on any atom is -0.369 e. The number of benzene rings is 1. The van der Waals surface area contributed by atoms with Crippen LogP contribution in [0, 0.1) is 5.92 Å². The molecule has 3 N–H and O–H groups in total. The number of nitrogens with two attached hydrogens (primary N) is 1. The van der Waals surface area contributed by atoms with Gasteiger partial charge in [0.2, 0.25) is 11.8 Å². The summed E-state index contributed by atoms with van der Waals surface area (Å²) in [7, 11) is 0. The molecular weight excluding hydrogens is 296 g/mol. The summed E-state index contributed by atoms with van der Waals surface area (Å²) in [4.78, 5) is 44.0. The Morgan fingerprint density at radius 1 is 1.35 bits per heavy atom. The SMILES string of the molecule is NC(=O)[C@@H]1CCN(C(=O)CCc2nc3ccccc3c(=O)[nH]2)C1. The molecule has 0 radical (unpaired) electrons. The maximum absolute atomic E-state index is 12.2. The molecule has 7 heteroatoms. The molecule has 7 nitrogen and oxygen atoms in total. The first-order chi connectivity index (χ1) is 11.0. The van der Waals surface area contributed by atoms with E-state index >= 15 is 0 Å². The molecule has 120 valence electrons. The average Bonchev–Trinajstić information content (AvgIpc) is 3.03. The fourth-order valence-corrected chi connectivity index (χ4v) is 2.86. The molecule has 1 aromatic carbocycles. The number of amides is 2. The summed E-state index contributed by atoms with van der Waals surface area (Å²) in [5, 5.41) is 0.534. The summed E-state index contributed by atoms with van der Waals surface area (Å²) < 4.78 is 0. The Morgan fingerprint density at radius 2 is 2.13 bits per heavy atom. The van der Waals surface area contributed by atoms with Gasteiger partial charge in [-0.05, 0) is 18.6 Å². The molecule has 1 saturated heterocycles. The van der Waals surface area contributed by atoms with E-state index in [1.54, 1.807) is 23.1 Å². The number of hydrogen-bond donors (Lipinski definition) is 2. The predicted molar refractivity (Wildman–Crippen MR) is 84.6 cm³/mol. The third-order valence-corrected chi connectivity index (χ3v) is 4.18. The van der Waals surface area contributed by atoms with Gasteiger partial charge in [-0.25, -0.2) is 4.98 Å². The Labute approximate surface area is 132 Å². The number of aromatic nitrogens is 2. The Bertz CT molecular complexity index is 814. The van der Waals surface area contributed by atoms with Crippen LogP contribution in [0.3, 0.4) is 0 Å². The quantitative estimate of drug-likeness (QED) is 0.839. The fourth-order valence-electron chi connectivity index (χ4n) is 2.86. The van der Waals surface area contributed by atoms with Crippen molar-refractivity contribution in [3.05, 3.63) is 40.4 Å². The number of para-hydroxylation sites is 1. The smallest absolute Gasteiger partial charge is 0.258 e. The van der Waals surface area contributed by atoms with Crippen LogP contribution >= 0.6 is 0 Å². The number of carbonyl (C=O) groups excluding carboxylic acids is 2. The van der Waals surface area contributed by atoms with Crippen LogP contribution in [0.2, 0.25) is 0 Å². The molecule has 1 fully saturated rings. The third-order valence-electron chi connectivity index (χ3n) is 4.18. The Balaban J connectivity index is 1.66. The van der Waals surface area contributed by atoms with Crippen molar-refractivity contribution in [1.29, 1.82) is 0 Å². The molecule has 2 aromatic rings. The first-order valence-corrected chi connectivity index (χ1v) is 7.59. The van der Waals surface area contributed by atoms with Crippen LogP contribution in [-0.2, 0) is 16.0 Å². The van der Waals surface area contributed by atoms with E-state index in [4.69, 9.17) is 5.73 Å². The van der Waals surface area contributed by atoms with Crippen LogP contribution in [0.5, 0.6) is 0 Å². The highest BCUT2D eigenvalue weighted by Crippen LogP contribution is 2.17. The van der Waals surface area contributed by atoms with Crippen molar-refractivity contribution in [3.63, 3.8) is 0 Å². The highest BCUT2D eigenvalue weighted by molar-refractivity contribution is 5.81. The first-order valence-electron chi connectivity index (χ1n) is 7.59. The maximum atomic E-state index is 12.2. The number of nitrogens with one attached hydrogen (secondary N) is 1. The average molecular weight is 314 g/mol. The van der Waals surface area contributed by atoms with Gasteiger partial charge in [-0.15, -0.1) is 0 Å². The van der Waals surface area contributed by atoms with Crippen LogP contribution in [0.15, 0.2) is 29.1 Å². The standard InChI is InChI=1S/C16H18N4O3/c17-15(22)10-7-8-20(9-10)14(21)6-5-13-18-12-4-2-1-3-11(12)16(23)19-13/h1-4,10H,5-9H2,(H2,17,22)(H,18,19,23)/t10-/m1/s1. The second kappa shape index (κ2) is 6.20. The van der Waals surface area contributed by atoms with E-state index in [0.29, 0.717) is 42.7 Å². The third kappa shape index (κ3) is 3.23. The van der Waals surface area contributed by atoms with Crippen molar-refractivity contribution in [2.75, 3.05) is 13.1 Å². The van der Waals surface area contributed by atoms with Gasteiger partial charge in [-0.2, -0.15) is 0 Å². The molecule has 3 rings (SSSR count). The van der Waals surface area contributed by atoms with E-state index in [9.17, 15) is 14.4 Å². The normalized spacial score (nSPS) is 17.6. The van der Waals surface area contributed by atoms with Gasteiger partial charge >= 0.3 is 0 Å². The Kier molecular flexibility index (Phi) is 4.10. The molecule has 1 aliphatic heterocycles. The van der Waals surface area contributed by atoms with E-state index in [0.717, 1.165) is 0 Å². The largest absolute Gasteiger partial charge is 0.369 e. The van der Waals surface area contributed by atoms with E-state index in [2.05, 4.69) is 9.97 Å². The minimum absolute atomic E-state index is 0.0513. The number of aromatic amines is 1. The molecule has 2 amide bonds. The molecule has 23 heavy (non-hydrogen) atoms. The first kappa shape index (κ1) is 15.2. The Hall–Kier alpha value is -2.70. The van der Waals surface area contributed by atoms with E-state index in [-0.39, 0.29) is 29.7 Å². The summed E-state index contributed by atoms with van der Waals surface area (Å²) >= 11 is 0. The van der Waals surface area contributed by atoms with Crippen LogP contribution in [-0.4, -0.2) is 39.8 Å². The van der Waals surface area contributed by atoms with Crippen molar-refractivity contribution in [2.24, 2.45) is 11.7 Å². The number of hydrogen-bond acceptors (Lipinski definition) is 4. The molecule has 1 aromatic heterocycles. The van der Waals surface area contributed by atoms with E-state index in [1.165, 1.54) is 0 Å². The number of nitrogens with zero attached hydrogens (tertiary/aromatic N) is 2. The highest BCUT2D eigenvalue weighted by Gasteiger charge is 2.29.